The van der Waals surface area contributed by atoms with Crippen molar-refractivity contribution >= 4 is 58.5 Å². The highest BCUT2D eigenvalue weighted by molar-refractivity contribution is 6.48. The van der Waals surface area contributed by atoms with Crippen molar-refractivity contribution in [3.63, 3.8) is 0 Å². The summed E-state index contributed by atoms with van der Waals surface area (Å²) in [6.45, 7) is 0.674. The van der Waals surface area contributed by atoms with Crippen LogP contribution in [0.25, 0.3) is 5.83 Å². The minimum atomic E-state index is -5.50. The molecule has 0 aromatic heterocycles. The average Bonchev–Trinajstić information content (AvgIpc) is 2.89. The first kappa shape index (κ1) is 39.7. The number of allylic oxidation sites excluding steroid dienone is 1. The molecule has 0 radical (unpaired) electrons. The lowest BCUT2D eigenvalue weighted by Crippen LogP contribution is -2.52. The highest BCUT2D eigenvalue weighted by atomic mass is 35.5. The summed E-state index contributed by atoms with van der Waals surface area (Å²) in [5.41, 5.74) is -4.73. The van der Waals surface area contributed by atoms with Crippen molar-refractivity contribution in [1.29, 1.82) is 0 Å². The van der Waals surface area contributed by atoms with Crippen LogP contribution in [0.15, 0.2) is 36.4 Å². The third-order valence-corrected chi connectivity index (χ3v) is 6.72. The van der Waals surface area contributed by atoms with Gasteiger partial charge in [-0.05, 0) is 56.7 Å². The molecule has 0 saturated carbocycles. The third kappa shape index (κ3) is 11.9. The van der Waals surface area contributed by atoms with Gasteiger partial charge in [-0.3, -0.25) is 9.59 Å². The van der Waals surface area contributed by atoms with Gasteiger partial charge >= 0.3 is 24.6 Å². The van der Waals surface area contributed by atoms with Crippen LogP contribution >= 0.6 is 34.8 Å². The summed E-state index contributed by atoms with van der Waals surface area (Å²) in [4.78, 5) is 37.5. The maximum atomic E-state index is 15.2. The van der Waals surface area contributed by atoms with Gasteiger partial charge in [0.1, 0.15) is 30.4 Å². The van der Waals surface area contributed by atoms with Crippen LogP contribution in [0, 0.1) is 0 Å². The number of hydrogen-bond donors (Lipinski definition) is 2. The maximum absolute atomic E-state index is 15.2. The molecule has 0 saturated heterocycles. The molecule has 0 heterocycles. The normalized spacial score (nSPS) is 13.6. The van der Waals surface area contributed by atoms with Crippen molar-refractivity contribution in [2.75, 3.05) is 13.1 Å². The summed E-state index contributed by atoms with van der Waals surface area (Å²) < 4.78 is 142. The van der Waals surface area contributed by atoms with Gasteiger partial charge in [0.25, 0.3) is 5.91 Å². The van der Waals surface area contributed by atoms with E-state index in [2.05, 4.69) is 0 Å². The van der Waals surface area contributed by atoms with Crippen molar-refractivity contribution in [2.24, 2.45) is 0 Å². The minimum absolute atomic E-state index is 0.0241. The molecule has 0 bridgehead atoms. The molecule has 2 aromatic carbocycles. The van der Waals surface area contributed by atoms with Crippen LogP contribution in [-0.2, 0) is 15.7 Å². The van der Waals surface area contributed by atoms with Crippen molar-refractivity contribution in [2.45, 2.75) is 50.8 Å². The minimum Gasteiger partial charge on any atom is -0.443 e. The Labute approximate surface area is 274 Å². The first-order valence-electron chi connectivity index (χ1n) is 12.6. The molecule has 0 fully saturated rings. The third-order valence-electron chi connectivity index (χ3n) is 5.52. The average molecular weight is 749 g/mol. The van der Waals surface area contributed by atoms with Crippen LogP contribution in [0.5, 0.6) is 0 Å². The molecule has 0 aliphatic heterocycles. The number of benzene rings is 2. The van der Waals surface area contributed by atoms with Crippen LogP contribution in [0.1, 0.15) is 53.7 Å². The first-order chi connectivity index (χ1) is 21.2. The number of hydrogen-bond acceptors (Lipinski definition) is 4. The maximum Gasteiger partial charge on any atom is 0.426 e. The fraction of sp³-hybridized carbons (Fsp3) is 0.370. The van der Waals surface area contributed by atoms with Crippen molar-refractivity contribution in [3.05, 3.63) is 73.7 Å². The lowest BCUT2D eigenvalue weighted by molar-refractivity contribution is -0.140. The molecule has 3 amide bonds. The number of alkyl halides is 9. The highest BCUT2D eigenvalue weighted by Crippen LogP contribution is 2.43. The van der Waals surface area contributed by atoms with Crippen LogP contribution in [0.3, 0.4) is 0 Å². The molecule has 1 atom stereocenters. The predicted molar refractivity (Wildman–Crippen MR) is 150 cm³/mol. The molecular weight excluding hydrogens is 727 g/mol. The standard InChI is InChI=1S/C27H22Cl3F10N3O4/c1-24(2,3)47-23(46)42-43(10-20(44)41-11-25(32,33)34)22(45)14-5-4-12(6-16(14)27(38,39)40)19(31)9-15(26(35,36)37)13-7-17(28)21(30)18(29)8-13/h4-9,15H,10-11H2,1-3H3,(H,41,44)(H,42,46)/b19-9-. The second kappa shape index (κ2) is 14.8. The molecule has 0 aliphatic carbocycles. The predicted octanol–water partition coefficient (Wildman–Crippen LogP) is 8.88. The topological polar surface area (TPSA) is 87.7 Å². The lowest BCUT2D eigenvalue weighted by atomic mass is 9.95. The Hall–Kier alpha value is -3.44. The summed E-state index contributed by atoms with van der Waals surface area (Å²) in [5, 5.41) is 0.0826. The van der Waals surface area contributed by atoms with E-state index in [4.69, 9.17) is 39.5 Å². The molecule has 7 nitrogen and oxygen atoms in total. The van der Waals surface area contributed by atoms with Gasteiger partial charge in [-0.1, -0.05) is 40.9 Å². The summed E-state index contributed by atoms with van der Waals surface area (Å²) in [5.74, 6) is -8.05. The Kier molecular flexibility index (Phi) is 12.5. The number of hydrazine groups is 1. The molecule has 1 unspecified atom stereocenters. The summed E-state index contributed by atoms with van der Waals surface area (Å²) in [6, 6.07) is 2.22. The Bertz CT molecular complexity index is 1510. The number of carbonyl (C=O) groups is 3. The number of amides is 3. The fourth-order valence-corrected chi connectivity index (χ4v) is 4.22. The van der Waals surface area contributed by atoms with Gasteiger partial charge in [0.05, 0.1) is 26.2 Å². The molecular formula is C27H22Cl3F10N3O4. The van der Waals surface area contributed by atoms with Gasteiger partial charge < -0.3 is 10.1 Å². The molecule has 2 rings (SSSR count). The van der Waals surface area contributed by atoms with E-state index in [-0.39, 0.29) is 22.2 Å². The molecule has 0 aliphatic rings. The van der Waals surface area contributed by atoms with Crippen molar-refractivity contribution in [3.8, 4) is 0 Å². The van der Waals surface area contributed by atoms with Crippen LogP contribution in [0.2, 0.25) is 15.1 Å². The van der Waals surface area contributed by atoms with E-state index in [0.717, 1.165) is 12.1 Å². The van der Waals surface area contributed by atoms with Crippen molar-refractivity contribution < 1.29 is 63.0 Å². The Morgan fingerprint density at radius 1 is 0.915 bits per heavy atom. The van der Waals surface area contributed by atoms with Gasteiger partial charge in [0, 0.05) is 5.56 Å². The number of carbonyl (C=O) groups excluding carboxylic acids is 3. The van der Waals surface area contributed by atoms with E-state index in [0.29, 0.717) is 12.1 Å². The summed E-state index contributed by atoms with van der Waals surface area (Å²) in [6.07, 6.45) is -17.2. The van der Waals surface area contributed by atoms with Gasteiger partial charge in [-0.2, -0.15) is 39.5 Å². The largest absolute Gasteiger partial charge is 0.443 e. The molecule has 260 valence electrons. The number of nitrogens with one attached hydrogen (secondary N) is 2. The first-order valence-corrected chi connectivity index (χ1v) is 13.8. The monoisotopic (exact) mass is 747 g/mol. The Morgan fingerprint density at radius 3 is 1.94 bits per heavy atom. The molecule has 20 heteroatoms. The van der Waals surface area contributed by atoms with Gasteiger partial charge in [0.15, 0.2) is 0 Å². The van der Waals surface area contributed by atoms with Crippen molar-refractivity contribution in [1.82, 2.24) is 15.8 Å². The smallest absolute Gasteiger partial charge is 0.426 e. The lowest BCUT2D eigenvalue weighted by Gasteiger charge is -2.27. The fourth-order valence-electron chi connectivity index (χ4n) is 3.61. The van der Waals surface area contributed by atoms with Crippen LogP contribution < -0.4 is 10.7 Å². The second-order valence-corrected chi connectivity index (χ2v) is 11.7. The zero-order valence-electron chi connectivity index (χ0n) is 23.9. The molecule has 2 N–H and O–H groups in total. The van der Waals surface area contributed by atoms with Gasteiger partial charge in [-0.25, -0.2) is 19.6 Å². The van der Waals surface area contributed by atoms with Gasteiger partial charge in [0.2, 0.25) is 5.91 Å². The van der Waals surface area contributed by atoms with E-state index in [1.54, 1.807) is 5.43 Å². The van der Waals surface area contributed by atoms with Gasteiger partial charge in [-0.15, -0.1) is 0 Å². The number of ether oxygens (including phenoxy) is 1. The van der Waals surface area contributed by atoms with E-state index in [1.165, 1.54) is 26.1 Å². The zero-order chi connectivity index (χ0) is 36.3. The van der Waals surface area contributed by atoms with E-state index in [1.807, 2.05) is 0 Å². The summed E-state index contributed by atoms with van der Waals surface area (Å²) >= 11 is 17.3. The van der Waals surface area contributed by atoms with E-state index < -0.39 is 99.2 Å². The highest BCUT2D eigenvalue weighted by Gasteiger charge is 2.41. The summed E-state index contributed by atoms with van der Waals surface area (Å²) in [7, 11) is 0. The zero-order valence-corrected chi connectivity index (χ0v) is 26.2. The molecule has 2 aromatic rings. The van der Waals surface area contributed by atoms with Crippen LogP contribution in [0.4, 0.5) is 48.7 Å². The Morgan fingerprint density at radius 2 is 1.47 bits per heavy atom. The SMILES string of the molecule is CC(C)(C)OC(=O)NN(CC(=O)NCC(F)(F)F)C(=O)c1ccc(/C(F)=C/C(c2cc(Cl)c(Cl)c(Cl)c2)C(F)(F)F)cc1C(F)(F)F. The molecule has 47 heavy (non-hydrogen) atoms. The second-order valence-electron chi connectivity index (χ2n) is 10.5. The number of nitrogens with zero attached hydrogens (tertiary/aromatic N) is 1. The Balaban J connectivity index is 2.61. The number of halogens is 13. The van der Waals surface area contributed by atoms with E-state index in [9.17, 15) is 53.9 Å². The molecule has 0 spiro atoms. The van der Waals surface area contributed by atoms with Crippen LogP contribution in [-0.4, -0.2) is 54.0 Å². The number of rotatable bonds is 7. The quantitative estimate of drug-likeness (QED) is 0.168. The van der Waals surface area contributed by atoms with E-state index >= 15 is 4.39 Å².